The van der Waals surface area contributed by atoms with Crippen LogP contribution in [0.25, 0.3) is 0 Å². The lowest BCUT2D eigenvalue weighted by Crippen LogP contribution is -2.28. The predicted octanol–water partition coefficient (Wildman–Crippen LogP) is 1.97. The summed E-state index contributed by atoms with van der Waals surface area (Å²) < 4.78 is 0. The molecule has 4 N–H and O–H groups in total. The van der Waals surface area contributed by atoms with Crippen LogP contribution in [0.1, 0.15) is 31.4 Å². The van der Waals surface area contributed by atoms with Gasteiger partial charge in [0.05, 0.1) is 6.10 Å². The van der Waals surface area contributed by atoms with Gasteiger partial charge in [-0.2, -0.15) is 10.1 Å². The van der Waals surface area contributed by atoms with Crippen LogP contribution in [0.5, 0.6) is 0 Å². The first-order valence-electron chi connectivity index (χ1n) is 7.26. The number of hydrogen-bond acceptors (Lipinski definition) is 6. The number of aryl methyl sites for hydroxylation is 1. The third-order valence-electron chi connectivity index (χ3n) is 3.65. The van der Waals surface area contributed by atoms with Gasteiger partial charge >= 0.3 is 0 Å². The molecule has 0 aromatic carbocycles. The van der Waals surface area contributed by atoms with Gasteiger partial charge in [0.2, 0.25) is 5.95 Å². The Hall–Kier alpha value is -2.15. The molecule has 2 aromatic rings. The molecule has 0 saturated heterocycles. The molecule has 7 heteroatoms. The molecule has 2 heterocycles. The maximum absolute atomic E-state index is 9.52. The molecule has 7 nitrogen and oxygen atoms in total. The molecule has 0 amide bonds. The first kappa shape index (κ1) is 13.8. The minimum Gasteiger partial charge on any atom is -0.393 e. The molecule has 0 radical (unpaired) electrons. The summed E-state index contributed by atoms with van der Waals surface area (Å²) in [6.07, 6.45) is 5.13. The van der Waals surface area contributed by atoms with E-state index in [-0.39, 0.29) is 6.10 Å². The summed E-state index contributed by atoms with van der Waals surface area (Å²) in [5.41, 5.74) is 0.991. The molecule has 1 aliphatic carbocycles. The number of nitrogens with one attached hydrogen (secondary N) is 3. The highest BCUT2D eigenvalue weighted by Crippen LogP contribution is 2.21. The summed E-state index contributed by atoms with van der Waals surface area (Å²) in [5, 5.41) is 23.0. The van der Waals surface area contributed by atoms with Gasteiger partial charge in [-0.1, -0.05) is 0 Å². The lowest BCUT2D eigenvalue weighted by atomic mass is 9.93. The second-order valence-electron chi connectivity index (χ2n) is 5.48. The number of nitrogens with zero attached hydrogens (tertiary/aromatic N) is 3. The van der Waals surface area contributed by atoms with E-state index in [1.54, 1.807) is 12.3 Å². The standard InChI is InChI=1S/C14H20N6O/c1-9-8-13(20-19-9)17-12-6-7-15-14(18-12)16-10-2-4-11(21)5-3-10/h6-8,10-11,21H,2-5H2,1H3,(H3,15,16,17,18,19,20)/t10-,11-. The zero-order valence-corrected chi connectivity index (χ0v) is 12.0. The van der Waals surface area contributed by atoms with E-state index in [1.807, 2.05) is 13.0 Å². The van der Waals surface area contributed by atoms with Crippen molar-refractivity contribution in [3.05, 3.63) is 24.0 Å². The first-order chi connectivity index (χ1) is 10.2. The Morgan fingerprint density at radius 2 is 2.05 bits per heavy atom. The predicted molar refractivity (Wildman–Crippen MR) is 80.5 cm³/mol. The van der Waals surface area contributed by atoms with Crippen molar-refractivity contribution in [2.75, 3.05) is 10.6 Å². The van der Waals surface area contributed by atoms with Gasteiger partial charge in [-0.15, -0.1) is 0 Å². The number of H-pyrrole nitrogens is 1. The Balaban J connectivity index is 1.63. The fourth-order valence-corrected chi connectivity index (χ4v) is 2.51. The number of hydrogen-bond donors (Lipinski definition) is 4. The van der Waals surface area contributed by atoms with Crippen molar-refractivity contribution < 1.29 is 5.11 Å². The van der Waals surface area contributed by atoms with Crippen LogP contribution in [0.4, 0.5) is 17.6 Å². The Morgan fingerprint density at radius 1 is 1.24 bits per heavy atom. The van der Waals surface area contributed by atoms with E-state index in [1.165, 1.54) is 0 Å². The van der Waals surface area contributed by atoms with Gasteiger partial charge in [-0.3, -0.25) is 5.10 Å². The van der Waals surface area contributed by atoms with Gasteiger partial charge in [-0.25, -0.2) is 4.98 Å². The summed E-state index contributed by atoms with van der Waals surface area (Å²) in [6, 6.07) is 4.05. The van der Waals surface area contributed by atoms with Gasteiger partial charge < -0.3 is 15.7 Å². The second kappa shape index (κ2) is 6.09. The number of rotatable bonds is 4. The van der Waals surface area contributed by atoms with Crippen molar-refractivity contribution >= 4 is 17.6 Å². The van der Waals surface area contributed by atoms with Crippen LogP contribution in [-0.2, 0) is 0 Å². The molecule has 1 aliphatic rings. The van der Waals surface area contributed by atoms with Gasteiger partial charge in [-0.05, 0) is 38.7 Å². The normalized spacial score (nSPS) is 22.0. The average molecular weight is 288 g/mol. The summed E-state index contributed by atoms with van der Waals surface area (Å²) in [6.45, 7) is 1.95. The lowest BCUT2D eigenvalue weighted by molar-refractivity contribution is 0.126. The minimum atomic E-state index is -0.153. The van der Waals surface area contributed by atoms with Gasteiger partial charge in [0, 0.05) is 24.0 Å². The maximum Gasteiger partial charge on any atom is 0.224 e. The molecule has 112 valence electrons. The first-order valence-corrected chi connectivity index (χ1v) is 7.26. The topological polar surface area (TPSA) is 98.8 Å². The molecule has 0 bridgehead atoms. The molecule has 1 saturated carbocycles. The van der Waals surface area contributed by atoms with Crippen molar-refractivity contribution in [2.45, 2.75) is 44.8 Å². The Kier molecular flexibility index (Phi) is 4.01. The number of aromatic nitrogens is 4. The minimum absolute atomic E-state index is 0.153. The molecule has 0 spiro atoms. The highest BCUT2D eigenvalue weighted by molar-refractivity contribution is 5.52. The van der Waals surface area contributed by atoms with Crippen LogP contribution in [0.3, 0.4) is 0 Å². The monoisotopic (exact) mass is 288 g/mol. The summed E-state index contributed by atoms with van der Waals surface area (Å²) in [5.74, 6) is 2.04. The molecule has 2 aromatic heterocycles. The van der Waals surface area contributed by atoms with Crippen LogP contribution < -0.4 is 10.6 Å². The third kappa shape index (κ3) is 3.69. The molecular weight excluding hydrogens is 268 g/mol. The smallest absolute Gasteiger partial charge is 0.224 e. The van der Waals surface area contributed by atoms with Crippen molar-refractivity contribution in [1.82, 2.24) is 20.2 Å². The van der Waals surface area contributed by atoms with E-state index in [4.69, 9.17) is 0 Å². The number of anilines is 3. The van der Waals surface area contributed by atoms with Crippen molar-refractivity contribution in [1.29, 1.82) is 0 Å². The zero-order chi connectivity index (χ0) is 14.7. The van der Waals surface area contributed by atoms with E-state index in [0.29, 0.717) is 17.8 Å². The van der Waals surface area contributed by atoms with E-state index in [0.717, 1.165) is 37.2 Å². The highest BCUT2D eigenvalue weighted by atomic mass is 16.3. The van der Waals surface area contributed by atoms with Crippen LogP contribution in [0.2, 0.25) is 0 Å². The fraction of sp³-hybridized carbons (Fsp3) is 0.500. The summed E-state index contributed by atoms with van der Waals surface area (Å²) >= 11 is 0. The van der Waals surface area contributed by atoms with Crippen molar-refractivity contribution in [3.63, 3.8) is 0 Å². The third-order valence-corrected chi connectivity index (χ3v) is 3.65. The second-order valence-corrected chi connectivity index (χ2v) is 5.48. The summed E-state index contributed by atoms with van der Waals surface area (Å²) in [4.78, 5) is 8.69. The molecule has 3 rings (SSSR count). The van der Waals surface area contributed by atoms with Gasteiger partial charge in [0.1, 0.15) is 5.82 Å². The Bertz CT molecular complexity index is 591. The largest absolute Gasteiger partial charge is 0.393 e. The number of aliphatic hydroxyl groups is 1. The Labute approximate surface area is 123 Å². The van der Waals surface area contributed by atoms with E-state index >= 15 is 0 Å². The van der Waals surface area contributed by atoms with Gasteiger partial charge in [0.15, 0.2) is 5.82 Å². The quantitative estimate of drug-likeness (QED) is 0.686. The van der Waals surface area contributed by atoms with Gasteiger partial charge in [0.25, 0.3) is 0 Å². The Morgan fingerprint density at radius 3 is 2.76 bits per heavy atom. The SMILES string of the molecule is Cc1cc(Nc2ccnc(N[C@H]3CC[C@H](O)CC3)n2)n[nH]1. The number of aliphatic hydroxyl groups excluding tert-OH is 1. The van der Waals surface area contributed by atoms with E-state index in [2.05, 4.69) is 30.8 Å². The lowest BCUT2D eigenvalue weighted by Gasteiger charge is -2.26. The van der Waals surface area contributed by atoms with Crippen LogP contribution in [-0.4, -0.2) is 37.4 Å². The molecule has 1 fully saturated rings. The van der Waals surface area contributed by atoms with Crippen LogP contribution >= 0.6 is 0 Å². The molecule has 0 atom stereocenters. The summed E-state index contributed by atoms with van der Waals surface area (Å²) in [7, 11) is 0. The van der Waals surface area contributed by atoms with Crippen LogP contribution in [0.15, 0.2) is 18.3 Å². The van der Waals surface area contributed by atoms with E-state index in [9.17, 15) is 5.11 Å². The fourth-order valence-electron chi connectivity index (χ4n) is 2.51. The molecular formula is C14H20N6O. The zero-order valence-electron chi connectivity index (χ0n) is 12.0. The molecule has 0 aliphatic heterocycles. The maximum atomic E-state index is 9.52. The van der Waals surface area contributed by atoms with Crippen LogP contribution in [0, 0.1) is 6.92 Å². The number of aromatic amines is 1. The van der Waals surface area contributed by atoms with E-state index < -0.39 is 0 Å². The molecule has 21 heavy (non-hydrogen) atoms. The highest BCUT2D eigenvalue weighted by Gasteiger charge is 2.19. The average Bonchev–Trinajstić information content (AvgIpc) is 2.87. The van der Waals surface area contributed by atoms with Crippen molar-refractivity contribution in [3.8, 4) is 0 Å². The molecule has 0 unspecified atom stereocenters. The van der Waals surface area contributed by atoms with Crippen molar-refractivity contribution in [2.24, 2.45) is 0 Å².